The lowest BCUT2D eigenvalue weighted by Gasteiger charge is -2.13. The molecule has 84 valence electrons. The van der Waals surface area contributed by atoms with Crippen molar-refractivity contribution in [1.82, 2.24) is 0 Å². The quantitative estimate of drug-likeness (QED) is 0.783. The van der Waals surface area contributed by atoms with E-state index in [2.05, 4.69) is 47.0 Å². The third-order valence-corrected chi connectivity index (χ3v) is 2.62. The molecule has 0 aliphatic carbocycles. The lowest BCUT2D eigenvalue weighted by molar-refractivity contribution is -0.858. The standard InChI is InChI=1S/C13H21NO/c1-10-8-11(2)12(3)13(9-10)15-7-6-14(4)5/h8-9H,6-7H2,1-5H3/p+1. The predicted octanol–water partition coefficient (Wildman–Crippen LogP) is 1.14. The first-order chi connectivity index (χ1) is 7.00. The van der Waals surface area contributed by atoms with E-state index in [1.165, 1.54) is 21.6 Å². The van der Waals surface area contributed by atoms with Crippen LogP contribution < -0.4 is 9.64 Å². The van der Waals surface area contributed by atoms with Gasteiger partial charge in [0.25, 0.3) is 0 Å². The highest BCUT2D eigenvalue weighted by atomic mass is 16.5. The van der Waals surface area contributed by atoms with E-state index < -0.39 is 0 Å². The van der Waals surface area contributed by atoms with E-state index in [0.717, 1.165) is 18.9 Å². The van der Waals surface area contributed by atoms with Gasteiger partial charge in [0.05, 0.1) is 14.1 Å². The fourth-order valence-electron chi connectivity index (χ4n) is 1.52. The van der Waals surface area contributed by atoms with Gasteiger partial charge in [-0.1, -0.05) is 6.07 Å². The van der Waals surface area contributed by atoms with E-state index in [0.29, 0.717) is 0 Å². The Kier molecular flexibility index (Phi) is 4.15. The van der Waals surface area contributed by atoms with Gasteiger partial charge in [0.15, 0.2) is 0 Å². The summed E-state index contributed by atoms with van der Waals surface area (Å²) in [6.07, 6.45) is 0. The zero-order chi connectivity index (χ0) is 11.4. The Hall–Kier alpha value is -1.02. The van der Waals surface area contributed by atoms with Gasteiger partial charge in [-0.05, 0) is 43.5 Å². The van der Waals surface area contributed by atoms with Crippen molar-refractivity contribution in [1.29, 1.82) is 0 Å². The van der Waals surface area contributed by atoms with Gasteiger partial charge < -0.3 is 9.64 Å². The van der Waals surface area contributed by atoms with Gasteiger partial charge in [0.2, 0.25) is 0 Å². The Morgan fingerprint density at radius 2 is 1.80 bits per heavy atom. The third-order valence-electron chi connectivity index (χ3n) is 2.62. The maximum atomic E-state index is 5.79. The van der Waals surface area contributed by atoms with Crippen LogP contribution in [0.5, 0.6) is 5.75 Å². The number of nitrogens with one attached hydrogen (secondary N) is 1. The maximum absolute atomic E-state index is 5.79. The Morgan fingerprint density at radius 3 is 2.40 bits per heavy atom. The molecular weight excluding hydrogens is 186 g/mol. The van der Waals surface area contributed by atoms with Gasteiger partial charge in [-0.2, -0.15) is 0 Å². The molecule has 0 aliphatic rings. The molecule has 0 spiro atoms. The average Bonchev–Trinajstić information content (AvgIpc) is 2.12. The summed E-state index contributed by atoms with van der Waals surface area (Å²) in [5.74, 6) is 1.04. The summed E-state index contributed by atoms with van der Waals surface area (Å²) < 4.78 is 5.79. The molecule has 0 atom stereocenters. The Balaban J connectivity index is 2.68. The second kappa shape index (κ2) is 5.17. The first-order valence-corrected chi connectivity index (χ1v) is 5.50. The zero-order valence-electron chi connectivity index (χ0n) is 10.5. The molecule has 0 saturated carbocycles. The number of likely N-dealkylation sites (N-methyl/N-ethyl adjacent to an activating group) is 1. The molecule has 2 nitrogen and oxygen atoms in total. The molecule has 1 aromatic carbocycles. The van der Waals surface area contributed by atoms with Crippen LogP contribution in [0.2, 0.25) is 0 Å². The van der Waals surface area contributed by atoms with Gasteiger partial charge in [0, 0.05) is 0 Å². The van der Waals surface area contributed by atoms with Crippen molar-refractivity contribution in [2.75, 3.05) is 27.2 Å². The first kappa shape index (κ1) is 12.1. The predicted molar refractivity (Wildman–Crippen MR) is 63.8 cm³/mol. The molecule has 15 heavy (non-hydrogen) atoms. The largest absolute Gasteiger partial charge is 0.487 e. The van der Waals surface area contributed by atoms with Crippen molar-refractivity contribution in [2.24, 2.45) is 0 Å². The average molecular weight is 208 g/mol. The van der Waals surface area contributed by atoms with Crippen molar-refractivity contribution < 1.29 is 9.64 Å². The van der Waals surface area contributed by atoms with E-state index in [9.17, 15) is 0 Å². The highest BCUT2D eigenvalue weighted by Gasteiger charge is 2.04. The molecular formula is C13H22NO+. The van der Waals surface area contributed by atoms with Crippen LogP contribution in [0.25, 0.3) is 0 Å². The number of hydrogen-bond donors (Lipinski definition) is 1. The van der Waals surface area contributed by atoms with Gasteiger partial charge in [-0.25, -0.2) is 0 Å². The minimum absolute atomic E-state index is 0.784. The van der Waals surface area contributed by atoms with Gasteiger partial charge >= 0.3 is 0 Å². The fraction of sp³-hybridized carbons (Fsp3) is 0.538. The van der Waals surface area contributed by atoms with Crippen molar-refractivity contribution in [3.8, 4) is 5.75 Å². The summed E-state index contributed by atoms with van der Waals surface area (Å²) in [6, 6.07) is 4.31. The molecule has 1 N–H and O–H groups in total. The minimum atomic E-state index is 0.784. The summed E-state index contributed by atoms with van der Waals surface area (Å²) in [5.41, 5.74) is 3.84. The molecule has 0 heterocycles. The summed E-state index contributed by atoms with van der Waals surface area (Å²) in [7, 11) is 4.27. The van der Waals surface area contributed by atoms with E-state index in [1.54, 1.807) is 0 Å². The number of rotatable bonds is 4. The van der Waals surface area contributed by atoms with Crippen LogP contribution >= 0.6 is 0 Å². The van der Waals surface area contributed by atoms with Gasteiger partial charge in [0.1, 0.15) is 18.9 Å². The van der Waals surface area contributed by atoms with Crippen molar-refractivity contribution in [3.05, 3.63) is 28.8 Å². The Morgan fingerprint density at radius 1 is 1.13 bits per heavy atom. The zero-order valence-corrected chi connectivity index (χ0v) is 10.5. The number of aryl methyl sites for hydroxylation is 2. The molecule has 0 fully saturated rings. The molecule has 2 heteroatoms. The molecule has 0 saturated heterocycles. The fourth-order valence-corrected chi connectivity index (χ4v) is 1.52. The third kappa shape index (κ3) is 3.56. The van der Waals surface area contributed by atoms with Crippen LogP contribution in [0.1, 0.15) is 16.7 Å². The van der Waals surface area contributed by atoms with Gasteiger partial charge in [-0.3, -0.25) is 0 Å². The van der Waals surface area contributed by atoms with Crippen LogP contribution in [0, 0.1) is 20.8 Å². The van der Waals surface area contributed by atoms with Crippen molar-refractivity contribution in [3.63, 3.8) is 0 Å². The molecule has 0 bridgehead atoms. The molecule has 0 aliphatic heterocycles. The van der Waals surface area contributed by atoms with Crippen LogP contribution in [-0.2, 0) is 0 Å². The van der Waals surface area contributed by atoms with E-state index in [4.69, 9.17) is 4.74 Å². The molecule has 1 aromatic rings. The Bertz CT molecular complexity index is 332. The van der Waals surface area contributed by atoms with E-state index in [-0.39, 0.29) is 0 Å². The first-order valence-electron chi connectivity index (χ1n) is 5.50. The summed E-state index contributed by atoms with van der Waals surface area (Å²) >= 11 is 0. The molecule has 1 rings (SSSR count). The number of benzene rings is 1. The van der Waals surface area contributed by atoms with Crippen LogP contribution in [0.4, 0.5) is 0 Å². The molecule has 0 amide bonds. The van der Waals surface area contributed by atoms with Crippen LogP contribution in [0.3, 0.4) is 0 Å². The summed E-state index contributed by atoms with van der Waals surface area (Å²) in [5, 5.41) is 0. The van der Waals surface area contributed by atoms with Crippen molar-refractivity contribution in [2.45, 2.75) is 20.8 Å². The van der Waals surface area contributed by atoms with Crippen LogP contribution in [-0.4, -0.2) is 27.2 Å². The number of quaternary nitrogens is 1. The number of ether oxygens (including phenoxy) is 1. The lowest BCUT2D eigenvalue weighted by Crippen LogP contribution is -3.06. The second-order valence-electron chi connectivity index (χ2n) is 4.51. The van der Waals surface area contributed by atoms with Gasteiger partial charge in [-0.15, -0.1) is 0 Å². The van der Waals surface area contributed by atoms with E-state index >= 15 is 0 Å². The highest BCUT2D eigenvalue weighted by Crippen LogP contribution is 2.22. The summed E-state index contributed by atoms with van der Waals surface area (Å²) in [4.78, 5) is 1.41. The highest BCUT2D eigenvalue weighted by molar-refractivity contribution is 5.41. The van der Waals surface area contributed by atoms with Crippen LogP contribution in [0.15, 0.2) is 12.1 Å². The second-order valence-corrected chi connectivity index (χ2v) is 4.51. The number of hydrogen-bond acceptors (Lipinski definition) is 1. The maximum Gasteiger partial charge on any atom is 0.137 e. The summed E-state index contributed by atoms with van der Waals surface area (Å²) in [6.45, 7) is 8.17. The molecule has 0 radical (unpaired) electrons. The molecule has 0 aromatic heterocycles. The lowest BCUT2D eigenvalue weighted by atomic mass is 10.1. The monoisotopic (exact) mass is 208 g/mol. The van der Waals surface area contributed by atoms with Crippen molar-refractivity contribution >= 4 is 0 Å². The molecule has 0 unspecified atom stereocenters. The SMILES string of the molecule is Cc1cc(C)c(C)c(OCC[NH+](C)C)c1. The Labute approximate surface area is 92.9 Å². The minimum Gasteiger partial charge on any atom is -0.487 e. The normalized spacial score (nSPS) is 10.8. The van der Waals surface area contributed by atoms with E-state index in [1.807, 2.05) is 0 Å². The topological polar surface area (TPSA) is 13.7 Å². The smallest absolute Gasteiger partial charge is 0.137 e.